The molecule has 0 aliphatic carbocycles. The van der Waals surface area contributed by atoms with Crippen LogP contribution in [0, 0.1) is 0 Å². The van der Waals surface area contributed by atoms with Gasteiger partial charge < -0.3 is 20.4 Å². The average molecular weight is 304 g/mol. The van der Waals surface area contributed by atoms with E-state index in [1.54, 1.807) is 0 Å². The third-order valence-corrected chi connectivity index (χ3v) is 3.67. The maximum Gasteiger partial charge on any atom is 0.303 e. The van der Waals surface area contributed by atoms with E-state index < -0.39 is 18.2 Å². The monoisotopic (exact) mass is 304 g/mol. The highest BCUT2D eigenvalue weighted by molar-refractivity contribution is 5.66. The zero-order valence-electron chi connectivity index (χ0n) is 13.0. The molecule has 0 fully saturated rings. The molecule has 0 bridgehead atoms. The Kier molecular flexibility index (Phi) is 13.9. The Morgan fingerprint density at radius 2 is 1.24 bits per heavy atom. The molecule has 0 aliphatic heterocycles. The molecule has 0 saturated carbocycles. The number of carboxylic acid groups (broad SMARTS) is 1. The fourth-order valence-corrected chi connectivity index (χ4v) is 2.40. The molecule has 21 heavy (non-hydrogen) atoms. The first-order valence-electron chi connectivity index (χ1n) is 8.25. The van der Waals surface area contributed by atoms with Crippen LogP contribution in [0.5, 0.6) is 0 Å². The van der Waals surface area contributed by atoms with E-state index in [1.807, 2.05) is 0 Å². The van der Waals surface area contributed by atoms with E-state index in [9.17, 15) is 15.0 Å². The van der Waals surface area contributed by atoms with Gasteiger partial charge in [0.25, 0.3) is 0 Å². The summed E-state index contributed by atoms with van der Waals surface area (Å²) in [5, 5.41) is 36.8. The van der Waals surface area contributed by atoms with Crippen LogP contribution in [0.2, 0.25) is 0 Å². The van der Waals surface area contributed by atoms with Crippen molar-refractivity contribution in [3.8, 4) is 0 Å². The van der Waals surface area contributed by atoms with Gasteiger partial charge in [-0.1, -0.05) is 38.5 Å². The van der Waals surface area contributed by atoms with Crippen LogP contribution in [0.15, 0.2) is 0 Å². The van der Waals surface area contributed by atoms with Crippen LogP contribution >= 0.6 is 0 Å². The van der Waals surface area contributed by atoms with Crippen LogP contribution in [0.25, 0.3) is 0 Å². The molecule has 5 heteroatoms. The molecule has 4 N–H and O–H groups in total. The highest BCUT2D eigenvalue weighted by atomic mass is 16.4. The number of aliphatic hydroxyl groups is 3. The van der Waals surface area contributed by atoms with Crippen molar-refractivity contribution in [1.29, 1.82) is 0 Å². The second kappa shape index (κ2) is 14.3. The van der Waals surface area contributed by atoms with Crippen LogP contribution in [-0.2, 0) is 4.79 Å². The zero-order valence-corrected chi connectivity index (χ0v) is 13.0. The van der Waals surface area contributed by atoms with Crippen molar-refractivity contribution in [1.82, 2.24) is 0 Å². The molecule has 126 valence electrons. The highest BCUT2D eigenvalue weighted by Gasteiger charge is 2.11. The summed E-state index contributed by atoms with van der Waals surface area (Å²) < 4.78 is 0. The molecule has 2 unspecified atom stereocenters. The summed E-state index contributed by atoms with van der Waals surface area (Å²) in [5.74, 6) is -0.753. The van der Waals surface area contributed by atoms with Crippen LogP contribution in [0.4, 0.5) is 0 Å². The number of carbonyl (C=O) groups is 1. The minimum Gasteiger partial charge on any atom is -0.481 e. The average Bonchev–Trinajstić information content (AvgIpc) is 2.42. The zero-order chi connectivity index (χ0) is 15.9. The second-order valence-electron chi connectivity index (χ2n) is 5.82. The molecule has 0 aromatic carbocycles. The van der Waals surface area contributed by atoms with E-state index in [0.717, 1.165) is 44.9 Å². The minimum atomic E-state index is -0.753. The van der Waals surface area contributed by atoms with E-state index in [2.05, 4.69) is 0 Å². The normalized spacial score (nSPS) is 14.0. The fraction of sp³-hybridized carbons (Fsp3) is 0.938. The lowest BCUT2D eigenvalue weighted by Crippen LogP contribution is -2.17. The van der Waals surface area contributed by atoms with Crippen LogP contribution in [0.3, 0.4) is 0 Å². The largest absolute Gasteiger partial charge is 0.481 e. The van der Waals surface area contributed by atoms with Gasteiger partial charge in [0, 0.05) is 13.0 Å². The lowest BCUT2D eigenvalue weighted by Gasteiger charge is -2.15. The SMILES string of the molecule is O=C(O)CCCCCCC(O)CC(O)CCCCCCO. The number of hydrogen-bond acceptors (Lipinski definition) is 4. The van der Waals surface area contributed by atoms with E-state index in [4.69, 9.17) is 10.2 Å². The summed E-state index contributed by atoms with van der Waals surface area (Å²) in [6, 6.07) is 0. The van der Waals surface area contributed by atoms with E-state index in [0.29, 0.717) is 25.7 Å². The van der Waals surface area contributed by atoms with Gasteiger partial charge in [-0.3, -0.25) is 4.79 Å². The topological polar surface area (TPSA) is 98.0 Å². The molecule has 0 rings (SSSR count). The molecular weight excluding hydrogens is 272 g/mol. The van der Waals surface area contributed by atoms with E-state index in [-0.39, 0.29) is 13.0 Å². The van der Waals surface area contributed by atoms with Gasteiger partial charge in [0.15, 0.2) is 0 Å². The molecule has 5 nitrogen and oxygen atoms in total. The minimum absolute atomic E-state index is 0.220. The first-order valence-corrected chi connectivity index (χ1v) is 8.25. The molecular formula is C16H32O5. The lowest BCUT2D eigenvalue weighted by atomic mass is 10.0. The van der Waals surface area contributed by atoms with Crippen molar-refractivity contribution < 1.29 is 25.2 Å². The summed E-state index contributed by atoms with van der Waals surface area (Å²) in [7, 11) is 0. The van der Waals surface area contributed by atoms with Crippen LogP contribution < -0.4 is 0 Å². The summed E-state index contributed by atoms with van der Waals surface area (Å²) in [5.41, 5.74) is 0. The first-order chi connectivity index (χ1) is 10.1. The molecule has 0 heterocycles. The van der Waals surface area contributed by atoms with Crippen molar-refractivity contribution in [2.75, 3.05) is 6.61 Å². The molecule has 0 spiro atoms. The van der Waals surface area contributed by atoms with E-state index in [1.165, 1.54) is 0 Å². The number of hydrogen-bond donors (Lipinski definition) is 4. The Morgan fingerprint density at radius 1 is 0.762 bits per heavy atom. The van der Waals surface area contributed by atoms with Crippen LogP contribution in [-0.4, -0.2) is 45.2 Å². The van der Waals surface area contributed by atoms with Crippen molar-refractivity contribution in [2.45, 2.75) is 89.3 Å². The van der Waals surface area contributed by atoms with Gasteiger partial charge in [-0.25, -0.2) is 0 Å². The predicted octanol–water partition coefficient (Wildman–Crippen LogP) is 2.47. The summed E-state index contributed by atoms with van der Waals surface area (Å²) in [6.45, 7) is 0.230. The van der Waals surface area contributed by atoms with Gasteiger partial charge in [0.05, 0.1) is 12.2 Å². The summed E-state index contributed by atoms with van der Waals surface area (Å²) in [4.78, 5) is 10.3. The highest BCUT2D eigenvalue weighted by Crippen LogP contribution is 2.14. The number of aliphatic carboxylic acids is 1. The van der Waals surface area contributed by atoms with Crippen molar-refractivity contribution in [2.24, 2.45) is 0 Å². The first kappa shape index (κ1) is 20.3. The molecule has 2 atom stereocenters. The fourth-order valence-electron chi connectivity index (χ4n) is 2.40. The van der Waals surface area contributed by atoms with Crippen LogP contribution in [0.1, 0.15) is 77.0 Å². The van der Waals surface area contributed by atoms with Crippen molar-refractivity contribution in [3.63, 3.8) is 0 Å². The third-order valence-electron chi connectivity index (χ3n) is 3.67. The molecule has 0 radical (unpaired) electrons. The lowest BCUT2D eigenvalue weighted by molar-refractivity contribution is -0.137. The maximum absolute atomic E-state index is 10.3. The smallest absolute Gasteiger partial charge is 0.303 e. The van der Waals surface area contributed by atoms with Gasteiger partial charge in [0.1, 0.15) is 0 Å². The van der Waals surface area contributed by atoms with Gasteiger partial charge in [-0.15, -0.1) is 0 Å². The number of carboxylic acids is 1. The summed E-state index contributed by atoms with van der Waals surface area (Å²) >= 11 is 0. The number of aliphatic hydroxyl groups excluding tert-OH is 3. The molecule has 0 aromatic heterocycles. The van der Waals surface area contributed by atoms with Gasteiger partial charge in [-0.2, -0.15) is 0 Å². The Bertz CT molecular complexity index is 245. The van der Waals surface area contributed by atoms with Crippen molar-refractivity contribution >= 4 is 5.97 Å². The van der Waals surface area contributed by atoms with Gasteiger partial charge in [0.2, 0.25) is 0 Å². The standard InChI is InChI=1S/C16H32O5/c17-12-8-4-3-6-10-15(19)13-14(18)9-5-1-2-7-11-16(20)21/h14-15,17-19H,1-13H2,(H,20,21). The predicted molar refractivity (Wildman–Crippen MR) is 82.1 cm³/mol. The quantitative estimate of drug-likeness (QED) is 0.348. The maximum atomic E-state index is 10.3. The third kappa shape index (κ3) is 15.6. The Hall–Kier alpha value is -0.650. The second-order valence-corrected chi connectivity index (χ2v) is 5.82. The van der Waals surface area contributed by atoms with E-state index >= 15 is 0 Å². The molecule has 0 amide bonds. The Balaban J connectivity index is 3.38. The number of unbranched alkanes of at least 4 members (excludes halogenated alkanes) is 6. The van der Waals surface area contributed by atoms with Crippen molar-refractivity contribution in [3.05, 3.63) is 0 Å². The van der Waals surface area contributed by atoms with Gasteiger partial charge in [-0.05, 0) is 32.1 Å². The molecule has 0 aromatic rings. The number of rotatable bonds is 15. The van der Waals surface area contributed by atoms with Gasteiger partial charge >= 0.3 is 5.97 Å². The summed E-state index contributed by atoms with van der Waals surface area (Å²) in [6.07, 6.45) is 8.27. The molecule has 0 saturated heterocycles. The molecule has 0 aliphatic rings. The Labute approximate surface area is 128 Å². The Morgan fingerprint density at radius 3 is 1.71 bits per heavy atom.